The van der Waals surface area contributed by atoms with Crippen LogP contribution < -0.4 is 11.1 Å². The molecule has 3 heteroatoms. The predicted molar refractivity (Wildman–Crippen MR) is 70.1 cm³/mol. The van der Waals surface area contributed by atoms with Gasteiger partial charge in [0.05, 0.1) is 0 Å². The highest BCUT2D eigenvalue weighted by atomic mass is 16.1. The molecule has 0 bridgehead atoms. The molecular formula is C14H20N2O. The van der Waals surface area contributed by atoms with Gasteiger partial charge in [-0.15, -0.1) is 0 Å². The molecule has 1 amide bonds. The molecule has 17 heavy (non-hydrogen) atoms. The maximum absolute atomic E-state index is 10.9. The number of nitrogens with one attached hydrogen (secondary N) is 1. The monoisotopic (exact) mass is 232 g/mol. The zero-order valence-electron chi connectivity index (χ0n) is 10.1. The molecule has 1 aliphatic rings. The summed E-state index contributed by atoms with van der Waals surface area (Å²) in [5.74, 6) is -0.369. The lowest BCUT2D eigenvalue weighted by atomic mass is 10.1. The lowest BCUT2D eigenvalue weighted by molar-refractivity contribution is 0.100. The quantitative estimate of drug-likeness (QED) is 0.787. The van der Waals surface area contributed by atoms with E-state index in [1.54, 1.807) is 12.1 Å². The Morgan fingerprint density at radius 2 is 1.65 bits per heavy atom. The maximum atomic E-state index is 10.9. The third kappa shape index (κ3) is 3.48. The highest BCUT2D eigenvalue weighted by molar-refractivity contribution is 5.93. The van der Waals surface area contributed by atoms with Gasteiger partial charge < -0.3 is 11.1 Å². The SMILES string of the molecule is NC(=O)c1ccc(NC2CCCCCC2)cc1. The van der Waals surface area contributed by atoms with E-state index in [2.05, 4.69) is 5.32 Å². The van der Waals surface area contributed by atoms with Crippen molar-refractivity contribution in [3.8, 4) is 0 Å². The summed E-state index contributed by atoms with van der Waals surface area (Å²) in [7, 11) is 0. The smallest absolute Gasteiger partial charge is 0.248 e. The second-order valence-corrected chi connectivity index (χ2v) is 4.77. The van der Waals surface area contributed by atoms with E-state index >= 15 is 0 Å². The summed E-state index contributed by atoms with van der Waals surface area (Å²) >= 11 is 0. The van der Waals surface area contributed by atoms with E-state index in [1.807, 2.05) is 12.1 Å². The van der Waals surface area contributed by atoms with Gasteiger partial charge in [0.2, 0.25) is 5.91 Å². The van der Waals surface area contributed by atoms with Crippen molar-refractivity contribution >= 4 is 11.6 Å². The van der Waals surface area contributed by atoms with E-state index in [-0.39, 0.29) is 5.91 Å². The topological polar surface area (TPSA) is 55.1 Å². The first kappa shape index (κ1) is 12.0. The summed E-state index contributed by atoms with van der Waals surface area (Å²) in [5.41, 5.74) is 6.86. The molecule has 92 valence electrons. The number of carbonyl (C=O) groups excluding carboxylic acids is 1. The zero-order chi connectivity index (χ0) is 12.1. The first-order valence-corrected chi connectivity index (χ1v) is 6.42. The molecule has 1 aliphatic carbocycles. The minimum atomic E-state index is -0.369. The standard InChI is InChI=1S/C14H20N2O/c15-14(17)11-7-9-13(10-8-11)16-12-5-3-1-2-4-6-12/h7-10,12,16H,1-6H2,(H2,15,17). The zero-order valence-corrected chi connectivity index (χ0v) is 10.1. The Bertz CT molecular complexity index is 364. The van der Waals surface area contributed by atoms with E-state index in [4.69, 9.17) is 5.73 Å². The molecule has 0 saturated heterocycles. The van der Waals surface area contributed by atoms with Gasteiger partial charge in [0.1, 0.15) is 0 Å². The fraction of sp³-hybridized carbons (Fsp3) is 0.500. The molecule has 1 fully saturated rings. The first-order chi connectivity index (χ1) is 8.25. The second-order valence-electron chi connectivity index (χ2n) is 4.77. The van der Waals surface area contributed by atoms with Crippen molar-refractivity contribution < 1.29 is 4.79 Å². The Morgan fingerprint density at radius 1 is 1.06 bits per heavy atom. The van der Waals surface area contributed by atoms with Crippen LogP contribution in [0.3, 0.4) is 0 Å². The fourth-order valence-electron chi connectivity index (χ4n) is 2.39. The van der Waals surface area contributed by atoms with Crippen LogP contribution in [0.25, 0.3) is 0 Å². The largest absolute Gasteiger partial charge is 0.382 e. The molecule has 1 saturated carbocycles. The number of carbonyl (C=O) groups is 1. The van der Waals surface area contributed by atoms with Crippen LogP contribution >= 0.6 is 0 Å². The molecule has 3 nitrogen and oxygen atoms in total. The molecule has 0 heterocycles. The van der Waals surface area contributed by atoms with Crippen LogP contribution in [0.4, 0.5) is 5.69 Å². The Kier molecular flexibility index (Phi) is 4.02. The lowest BCUT2D eigenvalue weighted by Gasteiger charge is -2.17. The molecule has 1 aromatic rings. The van der Waals surface area contributed by atoms with Crippen molar-refractivity contribution in [1.29, 1.82) is 0 Å². The van der Waals surface area contributed by atoms with Crippen LogP contribution in [-0.4, -0.2) is 11.9 Å². The number of primary amides is 1. The fourth-order valence-corrected chi connectivity index (χ4v) is 2.39. The van der Waals surface area contributed by atoms with Crippen LogP contribution in [0.1, 0.15) is 48.9 Å². The van der Waals surface area contributed by atoms with Crippen molar-refractivity contribution in [2.24, 2.45) is 5.73 Å². The van der Waals surface area contributed by atoms with Crippen LogP contribution in [0.15, 0.2) is 24.3 Å². The summed E-state index contributed by atoms with van der Waals surface area (Å²) in [5, 5.41) is 3.53. The summed E-state index contributed by atoms with van der Waals surface area (Å²) < 4.78 is 0. The van der Waals surface area contributed by atoms with Crippen molar-refractivity contribution in [1.82, 2.24) is 0 Å². The van der Waals surface area contributed by atoms with Crippen LogP contribution in [-0.2, 0) is 0 Å². The minimum Gasteiger partial charge on any atom is -0.382 e. The van der Waals surface area contributed by atoms with Crippen molar-refractivity contribution in [3.63, 3.8) is 0 Å². The van der Waals surface area contributed by atoms with Gasteiger partial charge in [-0.1, -0.05) is 25.7 Å². The number of nitrogens with two attached hydrogens (primary N) is 1. The molecule has 0 aromatic heterocycles. The normalized spacial score (nSPS) is 17.4. The number of anilines is 1. The number of rotatable bonds is 3. The maximum Gasteiger partial charge on any atom is 0.248 e. The Morgan fingerprint density at radius 3 is 2.18 bits per heavy atom. The van der Waals surface area contributed by atoms with Gasteiger partial charge in [0, 0.05) is 17.3 Å². The predicted octanol–water partition coefficient (Wildman–Crippen LogP) is 2.92. The minimum absolute atomic E-state index is 0.369. The van der Waals surface area contributed by atoms with Crippen LogP contribution in [0.2, 0.25) is 0 Å². The van der Waals surface area contributed by atoms with Crippen molar-refractivity contribution in [3.05, 3.63) is 29.8 Å². The average molecular weight is 232 g/mol. The summed E-state index contributed by atoms with van der Waals surface area (Å²) in [4.78, 5) is 10.9. The summed E-state index contributed by atoms with van der Waals surface area (Å²) in [6.45, 7) is 0. The molecule has 0 aliphatic heterocycles. The highest BCUT2D eigenvalue weighted by Crippen LogP contribution is 2.21. The molecule has 2 rings (SSSR count). The van der Waals surface area contributed by atoms with Gasteiger partial charge in [-0.25, -0.2) is 0 Å². The lowest BCUT2D eigenvalue weighted by Crippen LogP contribution is -2.18. The highest BCUT2D eigenvalue weighted by Gasteiger charge is 2.11. The third-order valence-electron chi connectivity index (χ3n) is 3.40. The first-order valence-electron chi connectivity index (χ1n) is 6.42. The average Bonchev–Trinajstić information content (AvgIpc) is 2.58. The summed E-state index contributed by atoms with van der Waals surface area (Å²) in [6.07, 6.45) is 7.85. The second kappa shape index (κ2) is 5.71. The molecule has 1 aromatic carbocycles. The van der Waals surface area contributed by atoms with E-state index in [9.17, 15) is 4.79 Å². The number of amides is 1. The molecule has 0 radical (unpaired) electrons. The van der Waals surface area contributed by atoms with Crippen molar-refractivity contribution in [2.75, 3.05) is 5.32 Å². The number of hydrogen-bond acceptors (Lipinski definition) is 2. The van der Waals surface area contributed by atoms with Gasteiger partial charge in [-0.3, -0.25) is 4.79 Å². The molecule has 0 atom stereocenters. The Labute approximate surface area is 102 Å². The van der Waals surface area contributed by atoms with E-state index in [0.29, 0.717) is 11.6 Å². The van der Waals surface area contributed by atoms with Crippen LogP contribution in [0, 0.1) is 0 Å². The number of hydrogen-bond donors (Lipinski definition) is 2. The third-order valence-corrected chi connectivity index (χ3v) is 3.40. The number of benzene rings is 1. The van der Waals surface area contributed by atoms with Gasteiger partial charge in [-0.05, 0) is 37.1 Å². The summed E-state index contributed by atoms with van der Waals surface area (Å²) in [6, 6.07) is 8.01. The van der Waals surface area contributed by atoms with Gasteiger partial charge in [-0.2, -0.15) is 0 Å². The molecule has 3 N–H and O–H groups in total. The van der Waals surface area contributed by atoms with Crippen molar-refractivity contribution in [2.45, 2.75) is 44.6 Å². The van der Waals surface area contributed by atoms with Gasteiger partial charge in [0.25, 0.3) is 0 Å². The van der Waals surface area contributed by atoms with E-state index in [1.165, 1.54) is 38.5 Å². The van der Waals surface area contributed by atoms with E-state index < -0.39 is 0 Å². The molecule has 0 unspecified atom stereocenters. The molecule has 0 spiro atoms. The van der Waals surface area contributed by atoms with Gasteiger partial charge >= 0.3 is 0 Å². The van der Waals surface area contributed by atoms with Crippen LogP contribution in [0.5, 0.6) is 0 Å². The Balaban J connectivity index is 1.95. The molecular weight excluding hydrogens is 212 g/mol. The van der Waals surface area contributed by atoms with E-state index in [0.717, 1.165) is 5.69 Å². The Hall–Kier alpha value is -1.51. The van der Waals surface area contributed by atoms with Gasteiger partial charge in [0.15, 0.2) is 0 Å².